The van der Waals surface area contributed by atoms with E-state index in [9.17, 15) is 18.0 Å². The zero-order valence-electron chi connectivity index (χ0n) is 24.4. The third kappa shape index (κ3) is 7.53. The predicted octanol–water partition coefficient (Wildman–Crippen LogP) is 5.35. The van der Waals surface area contributed by atoms with E-state index in [0.717, 1.165) is 9.87 Å². The van der Waals surface area contributed by atoms with E-state index in [1.54, 1.807) is 48.5 Å². The summed E-state index contributed by atoms with van der Waals surface area (Å²) in [6.45, 7) is 0.00978. The minimum Gasteiger partial charge on any atom is -0.486 e. The fraction of sp³-hybridized carbons (Fsp3) is 0.212. The molecule has 0 spiro atoms. The molecule has 0 saturated carbocycles. The summed E-state index contributed by atoms with van der Waals surface area (Å²) in [6, 6.07) is 25.7. The van der Waals surface area contributed by atoms with Crippen molar-refractivity contribution in [2.75, 3.05) is 31.1 Å². The maximum atomic E-state index is 14.4. The molecule has 1 heterocycles. The Bertz CT molecular complexity index is 1770. The average molecular weight is 669 g/mol. The number of carbonyl (C=O) groups is 2. The van der Waals surface area contributed by atoms with Gasteiger partial charge >= 0.3 is 0 Å². The number of hydrogen-bond donors (Lipinski definition) is 1. The van der Waals surface area contributed by atoms with Gasteiger partial charge in [-0.15, -0.1) is 0 Å². The quantitative estimate of drug-likeness (QED) is 0.231. The molecule has 0 aromatic heterocycles. The highest BCUT2D eigenvalue weighted by atomic mass is 35.5. The third-order valence-electron chi connectivity index (χ3n) is 7.28. The summed E-state index contributed by atoms with van der Waals surface area (Å²) in [4.78, 5) is 29.2. The van der Waals surface area contributed by atoms with Crippen molar-refractivity contribution in [2.24, 2.45) is 0 Å². The number of likely N-dealkylation sites (N-methyl/N-ethyl adjacent to an activating group) is 1. The number of ether oxygens (including phenoxy) is 2. The molecule has 234 valence electrons. The van der Waals surface area contributed by atoms with Crippen LogP contribution in [0, 0.1) is 0 Å². The molecule has 0 fully saturated rings. The number of amides is 2. The predicted molar refractivity (Wildman–Crippen MR) is 173 cm³/mol. The van der Waals surface area contributed by atoms with Crippen LogP contribution in [-0.2, 0) is 32.6 Å². The maximum Gasteiger partial charge on any atom is 0.264 e. The van der Waals surface area contributed by atoms with Gasteiger partial charge in [-0.3, -0.25) is 13.9 Å². The van der Waals surface area contributed by atoms with Gasteiger partial charge in [-0.2, -0.15) is 0 Å². The minimum atomic E-state index is -4.25. The number of nitrogens with zero attached hydrogens (tertiary/aromatic N) is 2. The number of halogens is 2. The Balaban J connectivity index is 1.58. The number of nitrogens with one attached hydrogen (secondary N) is 1. The van der Waals surface area contributed by atoms with Crippen molar-refractivity contribution < 1.29 is 27.5 Å². The molecule has 12 heteroatoms. The second-order valence-electron chi connectivity index (χ2n) is 10.2. The number of rotatable bonds is 11. The summed E-state index contributed by atoms with van der Waals surface area (Å²) >= 11 is 12.5. The third-order valence-corrected chi connectivity index (χ3v) is 9.81. The van der Waals surface area contributed by atoms with Crippen LogP contribution >= 0.6 is 23.2 Å². The van der Waals surface area contributed by atoms with Gasteiger partial charge in [0.25, 0.3) is 10.0 Å². The van der Waals surface area contributed by atoms with Crippen LogP contribution < -0.4 is 19.1 Å². The lowest BCUT2D eigenvalue weighted by Gasteiger charge is -2.34. The fourth-order valence-corrected chi connectivity index (χ4v) is 6.74. The van der Waals surface area contributed by atoms with Crippen molar-refractivity contribution in [2.45, 2.75) is 23.9 Å². The molecule has 9 nitrogen and oxygen atoms in total. The molecule has 0 saturated heterocycles. The molecule has 1 N–H and O–H groups in total. The number of anilines is 1. The molecular formula is C33H31Cl2N3O6S. The fourth-order valence-electron chi connectivity index (χ4n) is 4.99. The summed E-state index contributed by atoms with van der Waals surface area (Å²) in [7, 11) is -2.76. The lowest BCUT2D eigenvalue weighted by Crippen LogP contribution is -2.53. The van der Waals surface area contributed by atoms with Crippen LogP contribution in [0.5, 0.6) is 11.5 Å². The number of hydrogen-bond acceptors (Lipinski definition) is 6. The highest BCUT2D eigenvalue weighted by molar-refractivity contribution is 7.92. The van der Waals surface area contributed by atoms with Crippen molar-refractivity contribution in [1.82, 2.24) is 10.2 Å². The zero-order chi connectivity index (χ0) is 32.0. The lowest BCUT2D eigenvalue weighted by molar-refractivity contribution is -0.139. The second kappa shape index (κ2) is 14.2. The Kier molecular flexibility index (Phi) is 10.2. The van der Waals surface area contributed by atoms with Crippen LogP contribution in [0.1, 0.15) is 11.1 Å². The maximum absolute atomic E-state index is 14.4. The van der Waals surface area contributed by atoms with Gasteiger partial charge in [-0.1, -0.05) is 77.8 Å². The van der Waals surface area contributed by atoms with Crippen molar-refractivity contribution >= 4 is 50.7 Å². The number of benzene rings is 4. The first kappa shape index (κ1) is 32.2. The Morgan fingerprint density at radius 3 is 2.16 bits per heavy atom. The van der Waals surface area contributed by atoms with E-state index in [0.29, 0.717) is 35.3 Å². The van der Waals surface area contributed by atoms with Gasteiger partial charge in [0.2, 0.25) is 11.8 Å². The molecule has 45 heavy (non-hydrogen) atoms. The average Bonchev–Trinajstić information content (AvgIpc) is 3.07. The van der Waals surface area contributed by atoms with Gasteiger partial charge in [0.05, 0.1) is 20.6 Å². The standard InChI is InChI=1S/C33H31Cl2N3O6S/c1-36-33(40)29(19-23-8-4-2-5-9-23)37(21-24-12-14-27(34)28(35)18-24)32(39)22-38(45(41,42)26-10-6-3-7-11-26)25-13-15-30-31(20-25)44-17-16-43-30/h2-15,18,20,29H,16-17,19,21-22H2,1H3,(H,36,40)/t29-/m0/s1. The summed E-state index contributed by atoms with van der Waals surface area (Å²) in [5.41, 5.74) is 1.63. The molecular weight excluding hydrogens is 637 g/mol. The number of sulfonamides is 1. The van der Waals surface area contributed by atoms with E-state index in [-0.39, 0.29) is 28.6 Å². The summed E-state index contributed by atoms with van der Waals surface area (Å²) in [6.07, 6.45) is 0.184. The summed E-state index contributed by atoms with van der Waals surface area (Å²) < 4.78 is 40.6. The molecule has 4 aromatic rings. The molecule has 2 amide bonds. The molecule has 0 bridgehead atoms. The molecule has 5 rings (SSSR count). The van der Waals surface area contributed by atoms with Crippen molar-refractivity contribution in [1.29, 1.82) is 0 Å². The van der Waals surface area contributed by atoms with Crippen LogP contribution in [0.4, 0.5) is 5.69 Å². The largest absolute Gasteiger partial charge is 0.486 e. The van der Waals surface area contributed by atoms with Gasteiger partial charge in [-0.05, 0) is 47.5 Å². The van der Waals surface area contributed by atoms with Crippen molar-refractivity contribution in [3.05, 3.63) is 118 Å². The zero-order valence-corrected chi connectivity index (χ0v) is 26.7. The van der Waals surface area contributed by atoms with Crippen LogP contribution in [0.2, 0.25) is 10.0 Å². The van der Waals surface area contributed by atoms with Crippen LogP contribution in [0.25, 0.3) is 0 Å². The van der Waals surface area contributed by atoms with Crippen LogP contribution in [0.15, 0.2) is 102 Å². The first-order valence-electron chi connectivity index (χ1n) is 14.1. The topological polar surface area (TPSA) is 105 Å². The highest BCUT2D eigenvalue weighted by Gasteiger charge is 2.35. The second-order valence-corrected chi connectivity index (χ2v) is 12.9. The van der Waals surface area contributed by atoms with Gasteiger partial charge in [-0.25, -0.2) is 8.42 Å². The highest BCUT2D eigenvalue weighted by Crippen LogP contribution is 2.36. The minimum absolute atomic E-state index is 0.00383. The van der Waals surface area contributed by atoms with E-state index >= 15 is 0 Å². The Morgan fingerprint density at radius 2 is 1.49 bits per heavy atom. The molecule has 4 aromatic carbocycles. The van der Waals surface area contributed by atoms with E-state index in [2.05, 4.69) is 5.32 Å². The molecule has 0 aliphatic carbocycles. The van der Waals surface area contributed by atoms with E-state index in [1.165, 1.54) is 30.1 Å². The molecule has 1 aliphatic heterocycles. The van der Waals surface area contributed by atoms with Crippen LogP contribution in [0.3, 0.4) is 0 Å². The molecule has 0 unspecified atom stereocenters. The molecule has 1 atom stereocenters. The SMILES string of the molecule is CNC(=O)[C@H](Cc1ccccc1)N(Cc1ccc(Cl)c(Cl)c1)C(=O)CN(c1ccc2c(c1)OCCO2)S(=O)(=O)c1ccccc1. The van der Waals surface area contributed by atoms with E-state index in [1.807, 2.05) is 30.3 Å². The number of carbonyl (C=O) groups excluding carboxylic acids is 2. The van der Waals surface area contributed by atoms with Gasteiger partial charge in [0.15, 0.2) is 11.5 Å². The first-order valence-corrected chi connectivity index (χ1v) is 16.3. The van der Waals surface area contributed by atoms with Gasteiger partial charge < -0.3 is 19.7 Å². The van der Waals surface area contributed by atoms with E-state index in [4.69, 9.17) is 32.7 Å². The van der Waals surface area contributed by atoms with Crippen molar-refractivity contribution in [3.63, 3.8) is 0 Å². The van der Waals surface area contributed by atoms with Gasteiger partial charge in [0, 0.05) is 26.1 Å². The van der Waals surface area contributed by atoms with Gasteiger partial charge in [0.1, 0.15) is 25.8 Å². The molecule has 1 aliphatic rings. The monoisotopic (exact) mass is 667 g/mol. The molecule has 0 radical (unpaired) electrons. The number of fused-ring (bicyclic) bond motifs is 1. The summed E-state index contributed by atoms with van der Waals surface area (Å²) in [5, 5.41) is 3.28. The lowest BCUT2D eigenvalue weighted by atomic mass is 10.0. The smallest absolute Gasteiger partial charge is 0.264 e. The summed E-state index contributed by atoms with van der Waals surface area (Å²) in [5.74, 6) is -0.194. The van der Waals surface area contributed by atoms with E-state index < -0.39 is 34.4 Å². The van der Waals surface area contributed by atoms with Crippen molar-refractivity contribution in [3.8, 4) is 11.5 Å². The Hall–Kier alpha value is -4.25. The van der Waals surface area contributed by atoms with Crippen LogP contribution in [-0.4, -0.2) is 58.0 Å². The normalized spacial score (nSPS) is 13.0. The first-order chi connectivity index (χ1) is 21.7. The Morgan fingerprint density at radius 1 is 0.822 bits per heavy atom. The Labute approximate surface area is 272 Å².